The van der Waals surface area contributed by atoms with Gasteiger partial charge in [-0.2, -0.15) is 23.3 Å². The van der Waals surface area contributed by atoms with E-state index in [9.17, 15) is 28.2 Å². The summed E-state index contributed by atoms with van der Waals surface area (Å²) in [6.45, 7) is 1.81. The van der Waals surface area contributed by atoms with Crippen LogP contribution < -0.4 is 0 Å². The van der Waals surface area contributed by atoms with E-state index >= 15 is 0 Å². The van der Waals surface area contributed by atoms with Gasteiger partial charge in [0.05, 0.1) is 5.92 Å². The predicted molar refractivity (Wildman–Crippen MR) is 79.2 cm³/mol. The van der Waals surface area contributed by atoms with Crippen molar-refractivity contribution in [2.45, 2.75) is 38.1 Å². The number of alkyl halides is 3. The van der Waals surface area contributed by atoms with Crippen molar-refractivity contribution in [1.82, 2.24) is 5.01 Å². The molecule has 3 atom stereocenters. The highest BCUT2D eigenvalue weighted by Crippen LogP contribution is 2.49. The van der Waals surface area contributed by atoms with Crippen molar-refractivity contribution in [2.24, 2.45) is 16.9 Å². The van der Waals surface area contributed by atoms with E-state index in [1.54, 1.807) is 0 Å². The maximum atomic E-state index is 13.7. The molecule has 8 heteroatoms. The number of carbonyl (C=O) groups excluding carboxylic acids is 1. The summed E-state index contributed by atoms with van der Waals surface area (Å²) in [6, 6.07) is 4.95. The number of aliphatic hydroxyl groups is 1. The molecular formula is C16H17F3N2O3. The molecule has 0 spiro atoms. The average Bonchev–Trinajstić information content (AvgIpc) is 2.80. The van der Waals surface area contributed by atoms with Gasteiger partial charge in [-0.1, -0.05) is 13.0 Å². The Morgan fingerprint density at radius 2 is 2.12 bits per heavy atom. The number of rotatable bonds is 1. The third kappa shape index (κ3) is 2.45. The Morgan fingerprint density at radius 1 is 1.42 bits per heavy atom. The molecule has 1 aromatic rings. The summed E-state index contributed by atoms with van der Waals surface area (Å²) in [5, 5.41) is 23.9. The molecule has 0 bridgehead atoms. The molecule has 2 N–H and O–H groups in total. The van der Waals surface area contributed by atoms with Crippen molar-refractivity contribution in [3.8, 4) is 5.75 Å². The van der Waals surface area contributed by atoms with E-state index in [4.69, 9.17) is 0 Å². The van der Waals surface area contributed by atoms with Gasteiger partial charge >= 0.3 is 6.18 Å². The number of nitrogens with zero attached hydrogens (tertiary/aromatic N) is 2. The second-order valence-corrected chi connectivity index (χ2v) is 6.41. The molecular weight excluding hydrogens is 325 g/mol. The van der Waals surface area contributed by atoms with Gasteiger partial charge in [0.2, 0.25) is 0 Å². The third-order valence-corrected chi connectivity index (χ3v) is 4.67. The van der Waals surface area contributed by atoms with Crippen molar-refractivity contribution < 1.29 is 28.2 Å². The lowest BCUT2D eigenvalue weighted by Crippen LogP contribution is -2.61. The molecule has 1 aliphatic carbocycles. The Balaban J connectivity index is 2.05. The number of amides is 1. The van der Waals surface area contributed by atoms with Crippen LogP contribution in [0.1, 0.15) is 36.5 Å². The second kappa shape index (κ2) is 5.47. The number of halogens is 3. The minimum Gasteiger partial charge on any atom is -0.508 e. The first-order valence-electron chi connectivity index (χ1n) is 7.64. The standard InChI is InChI=1S/C16H17F3N2O3/c1-9-5-6-13-12(7-9)15(24,16(17,18)19)21(20-13)14(23)10-3-2-4-11(22)8-10/h2-4,8-9,12,22,24H,5-7H2,1H3/t9-,12-,15-/m1/s1. The number of phenols is 1. The lowest BCUT2D eigenvalue weighted by molar-refractivity contribution is -0.313. The molecule has 1 aliphatic heterocycles. The highest BCUT2D eigenvalue weighted by Gasteiger charge is 2.68. The molecule has 1 saturated carbocycles. The molecule has 24 heavy (non-hydrogen) atoms. The van der Waals surface area contributed by atoms with E-state index in [-0.39, 0.29) is 34.4 Å². The molecule has 3 rings (SSSR count). The molecule has 130 valence electrons. The maximum absolute atomic E-state index is 13.7. The quantitative estimate of drug-likeness (QED) is 0.824. The van der Waals surface area contributed by atoms with Gasteiger partial charge in [-0.05, 0) is 43.4 Å². The normalized spacial score (nSPS) is 30.0. The van der Waals surface area contributed by atoms with Gasteiger partial charge in [0.25, 0.3) is 11.6 Å². The van der Waals surface area contributed by atoms with Gasteiger partial charge in [-0.25, -0.2) is 0 Å². The molecule has 1 heterocycles. The van der Waals surface area contributed by atoms with Crippen molar-refractivity contribution in [3.05, 3.63) is 29.8 Å². The van der Waals surface area contributed by atoms with Gasteiger partial charge in [-0.15, -0.1) is 0 Å². The first kappa shape index (κ1) is 16.8. The van der Waals surface area contributed by atoms with Crippen LogP contribution in [-0.2, 0) is 0 Å². The Hall–Kier alpha value is -2.09. The zero-order valence-electron chi connectivity index (χ0n) is 12.9. The van der Waals surface area contributed by atoms with Crippen LogP contribution in [0.2, 0.25) is 0 Å². The molecule has 1 aromatic carbocycles. The number of phenolic OH excluding ortho intramolecular Hbond substituents is 1. The van der Waals surface area contributed by atoms with Gasteiger partial charge in [-0.3, -0.25) is 4.79 Å². The Morgan fingerprint density at radius 3 is 2.75 bits per heavy atom. The molecule has 2 aliphatic rings. The number of carbonyl (C=O) groups is 1. The minimum atomic E-state index is -5.05. The fraction of sp³-hybridized carbons (Fsp3) is 0.500. The molecule has 1 amide bonds. The zero-order valence-corrected chi connectivity index (χ0v) is 12.9. The lowest BCUT2D eigenvalue weighted by Gasteiger charge is -2.39. The second-order valence-electron chi connectivity index (χ2n) is 6.41. The number of aromatic hydroxyl groups is 1. The van der Waals surface area contributed by atoms with Crippen LogP contribution >= 0.6 is 0 Å². The fourth-order valence-electron chi connectivity index (χ4n) is 3.37. The van der Waals surface area contributed by atoms with Crippen molar-refractivity contribution in [3.63, 3.8) is 0 Å². The average molecular weight is 342 g/mol. The van der Waals surface area contributed by atoms with Crippen LogP contribution in [0.15, 0.2) is 29.4 Å². The highest BCUT2D eigenvalue weighted by molar-refractivity contribution is 5.99. The fourth-order valence-corrected chi connectivity index (χ4v) is 3.37. The van der Waals surface area contributed by atoms with Crippen molar-refractivity contribution in [2.75, 3.05) is 0 Å². The van der Waals surface area contributed by atoms with E-state index < -0.39 is 23.7 Å². The first-order valence-corrected chi connectivity index (χ1v) is 7.64. The summed E-state index contributed by atoms with van der Waals surface area (Å²) < 4.78 is 41.0. The van der Waals surface area contributed by atoms with Crippen LogP contribution in [0.5, 0.6) is 5.75 Å². The van der Waals surface area contributed by atoms with Gasteiger partial charge in [0.1, 0.15) is 5.75 Å². The van der Waals surface area contributed by atoms with Gasteiger partial charge in [0, 0.05) is 11.3 Å². The summed E-state index contributed by atoms with van der Waals surface area (Å²) in [5.74, 6) is -2.62. The van der Waals surface area contributed by atoms with Gasteiger partial charge < -0.3 is 10.2 Å². The minimum absolute atomic E-state index is 0.00125. The van der Waals surface area contributed by atoms with Crippen LogP contribution in [0.3, 0.4) is 0 Å². The largest absolute Gasteiger partial charge is 0.508 e. The van der Waals surface area contributed by atoms with E-state index in [0.29, 0.717) is 12.8 Å². The molecule has 5 nitrogen and oxygen atoms in total. The van der Waals surface area contributed by atoms with E-state index in [1.165, 1.54) is 18.2 Å². The van der Waals surface area contributed by atoms with Crippen molar-refractivity contribution in [1.29, 1.82) is 0 Å². The van der Waals surface area contributed by atoms with Crippen LogP contribution in [0.4, 0.5) is 13.2 Å². The van der Waals surface area contributed by atoms with E-state index in [2.05, 4.69) is 5.10 Å². The molecule has 0 unspecified atom stereocenters. The molecule has 0 saturated heterocycles. The Bertz CT molecular complexity index is 704. The Kier molecular flexibility index (Phi) is 3.82. The topological polar surface area (TPSA) is 73.1 Å². The number of hydrazone groups is 1. The smallest absolute Gasteiger partial charge is 0.439 e. The summed E-state index contributed by atoms with van der Waals surface area (Å²) in [6.07, 6.45) is -3.96. The molecule has 0 aromatic heterocycles. The van der Waals surface area contributed by atoms with E-state index in [0.717, 1.165) is 6.07 Å². The predicted octanol–water partition coefficient (Wildman–Crippen LogP) is 2.89. The number of hydrogen-bond donors (Lipinski definition) is 2. The molecule has 0 radical (unpaired) electrons. The van der Waals surface area contributed by atoms with Crippen molar-refractivity contribution >= 4 is 11.6 Å². The highest BCUT2D eigenvalue weighted by atomic mass is 19.4. The number of fused-ring (bicyclic) bond motifs is 1. The molecule has 1 fully saturated rings. The van der Waals surface area contributed by atoms with E-state index in [1.807, 2.05) is 6.92 Å². The van der Waals surface area contributed by atoms with Crippen LogP contribution in [0.25, 0.3) is 0 Å². The first-order chi connectivity index (χ1) is 11.1. The number of benzene rings is 1. The Labute approximate surface area is 136 Å². The SMILES string of the molecule is C[C@@H]1CCC2=NN(C(=O)c3cccc(O)c3)[C@](O)(C(F)(F)F)[C@@H]2C1. The monoisotopic (exact) mass is 342 g/mol. The summed E-state index contributed by atoms with van der Waals surface area (Å²) >= 11 is 0. The van der Waals surface area contributed by atoms with Crippen LogP contribution in [0, 0.1) is 11.8 Å². The third-order valence-electron chi connectivity index (χ3n) is 4.67. The summed E-state index contributed by atoms with van der Waals surface area (Å²) in [5.41, 5.74) is -3.34. The maximum Gasteiger partial charge on any atom is 0.439 e. The summed E-state index contributed by atoms with van der Waals surface area (Å²) in [4.78, 5) is 12.5. The van der Waals surface area contributed by atoms with Crippen LogP contribution in [-0.4, -0.2) is 38.7 Å². The zero-order chi connectivity index (χ0) is 17.7. The number of hydrogen-bond acceptors (Lipinski definition) is 4. The summed E-state index contributed by atoms with van der Waals surface area (Å²) in [7, 11) is 0. The van der Waals surface area contributed by atoms with Gasteiger partial charge in [0.15, 0.2) is 0 Å². The lowest BCUT2D eigenvalue weighted by atomic mass is 9.76.